The van der Waals surface area contributed by atoms with Gasteiger partial charge in [-0.25, -0.2) is 0 Å². The number of aryl methyl sites for hydroxylation is 1. The molecule has 0 unspecified atom stereocenters. The minimum absolute atomic E-state index is 0.0502. The van der Waals surface area contributed by atoms with Gasteiger partial charge in [0.05, 0.1) is 6.26 Å². The van der Waals surface area contributed by atoms with Crippen LogP contribution < -0.4 is 5.32 Å². The quantitative estimate of drug-likeness (QED) is 0.665. The monoisotopic (exact) mass is 355 g/mol. The van der Waals surface area contributed by atoms with Gasteiger partial charge in [-0.2, -0.15) is 0 Å². The lowest BCUT2D eigenvalue weighted by molar-refractivity contribution is 0.0658. The Kier molecular flexibility index (Phi) is 5.88. The molecule has 0 aromatic carbocycles. The Morgan fingerprint density at radius 1 is 1.27 bits per heavy atom. The van der Waals surface area contributed by atoms with E-state index in [1.165, 1.54) is 17.4 Å². The van der Waals surface area contributed by atoms with Gasteiger partial charge in [0.1, 0.15) is 0 Å². The molecule has 0 spiro atoms. The summed E-state index contributed by atoms with van der Waals surface area (Å²) in [4.78, 5) is 24.8. The van der Waals surface area contributed by atoms with E-state index in [4.69, 9.17) is 4.42 Å². The van der Waals surface area contributed by atoms with Crippen molar-refractivity contribution in [3.05, 3.63) is 53.7 Å². The Bertz CT molecular complexity index is 749. The molecule has 7 heteroatoms. The van der Waals surface area contributed by atoms with Crippen LogP contribution in [0.15, 0.2) is 46.3 Å². The van der Waals surface area contributed by atoms with Gasteiger partial charge in [-0.05, 0) is 42.7 Å². The smallest absolute Gasteiger partial charge is 0.289 e. The fourth-order valence-electron chi connectivity index (χ4n) is 3.10. The number of hydrogen-bond acceptors (Lipinski definition) is 4. The van der Waals surface area contributed by atoms with Crippen molar-refractivity contribution >= 4 is 11.9 Å². The van der Waals surface area contributed by atoms with Gasteiger partial charge in [0, 0.05) is 52.2 Å². The van der Waals surface area contributed by atoms with E-state index in [9.17, 15) is 4.79 Å². The summed E-state index contributed by atoms with van der Waals surface area (Å²) in [6.45, 7) is 5.70. The van der Waals surface area contributed by atoms with Crippen molar-refractivity contribution in [2.24, 2.45) is 4.99 Å². The van der Waals surface area contributed by atoms with Gasteiger partial charge in [0.25, 0.3) is 5.91 Å². The van der Waals surface area contributed by atoms with Crippen LogP contribution >= 0.6 is 0 Å². The summed E-state index contributed by atoms with van der Waals surface area (Å²) in [6, 6.07) is 5.49. The Hall–Kier alpha value is -2.83. The summed E-state index contributed by atoms with van der Waals surface area (Å²) >= 11 is 0. The van der Waals surface area contributed by atoms with E-state index in [1.807, 2.05) is 17.3 Å². The molecular formula is C19H25N5O2. The number of piperazine rings is 1. The molecule has 1 aliphatic rings. The molecule has 0 radical (unpaired) electrons. The number of aromatic nitrogens is 1. The summed E-state index contributed by atoms with van der Waals surface area (Å²) in [6.07, 6.45) is 6.16. The topological polar surface area (TPSA) is 74.0 Å². The van der Waals surface area contributed by atoms with E-state index in [0.29, 0.717) is 18.8 Å². The Balaban J connectivity index is 1.48. The maximum absolute atomic E-state index is 12.3. The number of furan rings is 1. The van der Waals surface area contributed by atoms with Crippen molar-refractivity contribution < 1.29 is 9.21 Å². The van der Waals surface area contributed by atoms with Crippen molar-refractivity contribution in [3.8, 4) is 0 Å². The van der Waals surface area contributed by atoms with Gasteiger partial charge in [-0.1, -0.05) is 0 Å². The second-order valence-electron chi connectivity index (χ2n) is 6.28. The van der Waals surface area contributed by atoms with Crippen LogP contribution in [0.5, 0.6) is 0 Å². The molecule has 2 aromatic heterocycles. The van der Waals surface area contributed by atoms with Crippen molar-refractivity contribution in [2.45, 2.75) is 13.3 Å². The average Bonchev–Trinajstić information content (AvgIpc) is 3.21. The van der Waals surface area contributed by atoms with Crippen molar-refractivity contribution in [1.29, 1.82) is 0 Å². The molecule has 138 valence electrons. The average molecular weight is 355 g/mol. The normalized spacial score (nSPS) is 15.2. The predicted octanol–water partition coefficient (Wildman–Crippen LogP) is 1.56. The van der Waals surface area contributed by atoms with Crippen LogP contribution in [-0.2, 0) is 6.42 Å². The minimum Gasteiger partial charge on any atom is -0.459 e. The first kappa shape index (κ1) is 18.0. The lowest BCUT2D eigenvalue weighted by Gasteiger charge is -2.36. The van der Waals surface area contributed by atoms with Gasteiger partial charge in [0.15, 0.2) is 11.7 Å². The number of carbonyl (C=O) groups is 1. The third-order valence-corrected chi connectivity index (χ3v) is 4.62. The van der Waals surface area contributed by atoms with E-state index < -0.39 is 0 Å². The third-order valence-electron chi connectivity index (χ3n) is 4.62. The van der Waals surface area contributed by atoms with Crippen LogP contribution in [0.25, 0.3) is 0 Å². The summed E-state index contributed by atoms with van der Waals surface area (Å²) in [7, 11) is 1.79. The summed E-state index contributed by atoms with van der Waals surface area (Å²) in [5, 5.41) is 3.42. The van der Waals surface area contributed by atoms with Gasteiger partial charge in [0.2, 0.25) is 0 Å². The lowest BCUT2D eigenvalue weighted by Crippen LogP contribution is -2.54. The van der Waals surface area contributed by atoms with Crippen molar-refractivity contribution in [1.82, 2.24) is 20.1 Å². The second-order valence-corrected chi connectivity index (χ2v) is 6.28. The molecule has 2 aromatic rings. The van der Waals surface area contributed by atoms with E-state index in [-0.39, 0.29) is 5.91 Å². The zero-order chi connectivity index (χ0) is 18.4. The molecule has 1 fully saturated rings. The number of nitrogens with one attached hydrogen (secondary N) is 1. The van der Waals surface area contributed by atoms with Crippen molar-refractivity contribution in [2.75, 3.05) is 39.8 Å². The highest BCUT2D eigenvalue weighted by molar-refractivity contribution is 5.91. The molecule has 1 N–H and O–H groups in total. The first-order valence-electron chi connectivity index (χ1n) is 8.87. The number of nitrogens with zero attached hydrogens (tertiary/aromatic N) is 4. The molecule has 0 bridgehead atoms. The van der Waals surface area contributed by atoms with Crippen LogP contribution in [-0.4, -0.2) is 66.4 Å². The number of pyridine rings is 1. The zero-order valence-electron chi connectivity index (χ0n) is 15.3. The largest absolute Gasteiger partial charge is 0.459 e. The summed E-state index contributed by atoms with van der Waals surface area (Å²) in [5.74, 6) is 1.22. The molecule has 26 heavy (non-hydrogen) atoms. The Labute approximate surface area is 153 Å². The number of aliphatic imine (C=N–C) groups is 1. The highest BCUT2D eigenvalue weighted by Gasteiger charge is 2.25. The molecule has 0 aliphatic carbocycles. The highest BCUT2D eigenvalue weighted by Crippen LogP contribution is 2.10. The first-order chi connectivity index (χ1) is 12.7. The highest BCUT2D eigenvalue weighted by atomic mass is 16.3. The number of guanidine groups is 1. The summed E-state index contributed by atoms with van der Waals surface area (Å²) in [5.41, 5.74) is 2.49. The van der Waals surface area contributed by atoms with Crippen LogP contribution in [0.2, 0.25) is 0 Å². The van der Waals surface area contributed by atoms with Crippen LogP contribution in [0.1, 0.15) is 21.7 Å². The number of hydrogen-bond donors (Lipinski definition) is 1. The third kappa shape index (κ3) is 4.22. The van der Waals surface area contributed by atoms with Gasteiger partial charge >= 0.3 is 0 Å². The molecule has 0 atom stereocenters. The fraction of sp³-hybridized carbons (Fsp3) is 0.421. The maximum atomic E-state index is 12.3. The standard InChI is InChI=1S/C19H25N5O2/c1-15-14-21-7-5-16(15)6-8-22-19(20-2)24-11-9-23(10-12-24)18(25)17-4-3-13-26-17/h3-5,7,13-14H,6,8-12H2,1-2H3,(H,20,22). The number of carbonyl (C=O) groups excluding carboxylic acids is 1. The predicted molar refractivity (Wildman–Crippen MR) is 100 cm³/mol. The molecule has 0 saturated carbocycles. The lowest BCUT2D eigenvalue weighted by atomic mass is 10.1. The first-order valence-corrected chi connectivity index (χ1v) is 8.87. The van der Waals surface area contributed by atoms with Crippen LogP contribution in [0, 0.1) is 6.92 Å². The molecule has 7 nitrogen and oxygen atoms in total. The van der Waals surface area contributed by atoms with Gasteiger partial charge in [-0.3, -0.25) is 14.8 Å². The molecule has 3 heterocycles. The molecule has 1 saturated heterocycles. The number of rotatable bonds is 4. The van der Waals surface area contributed by atoms with E-state index in [2.05, 4.69) is 33.2 Å². The minimum atomic E-state index is -0.0502. The van der Waals surface area contributed by atoms with E-state index in [1.54, 1.807) is 19.2 Å². The SMILES string of the molecule is CN=C(NCCc1ccncc1C)N1CCN(C(=O)c2ccco2)CC1. The van der Waals surface area contributed by atoms with Crippen LogP contribution in [0.3, 0.4) is 0 Å². The molecule has 1 amide bonds. The molecular weight excluding hydrogens is 330 g/mol. The van der Waals surface area contributed by atoms with Crippen molar-refractivity contribution in [3.63, 3.8) is 0 Å². The molecule has 3 rings (SSSR count). The Morgan fingerprint density at radius 2 is 2.04 bits per heavy atom. The fourth-order valence-corrected chi connectivity index (χ4v) is 3.10. The summed E-state index contributed by atoms with van der Waals surface area (Å²) < 4.78 is 5.20. The van der Waals surface area contributed by atoms with Crippen LogP contribution in [0.4, 0.5) is 0 Å². The molecule has 1 aliphatic heterocycles. The zero-order valence-corrected chi connectivity index (χ0v) is 15.3. The van der Waals surface area contributed by atoms with Gasteiger partial charge in [-0.15, -0.1) is 0 Å². The maximum Gasteiger partial charge on any atom is 0.289 e. The van der Waals surface area contributed by atoms with E-state index >= 15 is 0 Å². The van der Waals surface area contributed by atoms with E-state index in [0.717, 1.165) is 32.0 Å². The second kappa shape index (κ2) is 8.51. The van der Waals surface area contributed by atoms with Gasteiger partial charge < -0.3 is 19.5 Å². The number of amides is 1. The Morgan fingerprint density at radius 3 is 2.69 bits per heavy atom.